The number of hydrogen-bond acceptors (Lipinski definition) is 1. The number of nitrogens with zero attached hydrogens (tertiary/aromatic N) is 2. The molecule has 1 aromatic heterocycles. The zero-order valence-electron chi connectivity index (χ0n) is 8.75. The fraction of sp³-hybridized carbons (Fsp3) is 0.545. The lowest BCUT2D eigenvalue weighted by Crippen LogP contribution is -1.91. The second kappa shape index (κ2) is 4.85. The Morgan fingerprint density at radius 1 is 1.54 bits per heavy atom. The number of allylic oxidation sites excluding steroid dienone is 1. The summed E-state index contributed by atoms with van der Waals surface area (Å²) in [5, 5.41) is 0. The van der Waals surface area contributed by atoms with Gasteiger partial charge in [0.15, 0.2) is 0 Å². The molecule has 0 aliphatic heterocycles. The lowest BCUT2D eigenvalue weighted by atomic mass is 10.1. The van der Waals surface area contributed by atoms with Crippen molar-refractivity contribution < 1.29 is 0 Å². The summed E-state index contributed by atoms with van der Waals surface area (Å²) in [5.41, 5.74) is 1.48. The average molecular weight is 178 g/mol. The summed E-state index contributed by atoms with van der Waals surface area (Å²) >= 11 is 0. The monoisotopic (exact) mass is 178 g/mol. The third-order valence-corrected chi connectivity index (χ3v) is 2.22. The van der Waals surface area contributed by atoms with Crippen molar-refractivity contribution in [3.05, 3.63) is 23.8 Å². The molecule has 1 aromatic rings. The first-order valence-corrected chi connectivity index (χ1v) is 4.94. The molecule has 0 unspecified atom stereocenters. The van der Waals surface area contributed by atoms with Crippen molar-refractivity contribution >= 4 is 6.08 Å². The zero-order chi connectivity index (χ0) is 9.68. The molecule has 0 amide bonds. The topological polar surface area (TPSA) is 17.8 Å². The second-order valence-corrected chi connectivity index (χ2v) is 3.30. The van der Waals surface area contributed by atoms with E-state index in [-0.39, 0.29) is 0 Å². The van der Waals surface area contributed by atoms with Gasteiger partial charge in [-0.3, -0.25) is 0 Å². The molecule has 1 rings (SSSR count). The highest BCUT2D eigenvalue weighted by Gasteiger charge is 1.97. The van der Waals surface area contributed by atoms with E-state index in [1.807, 2.05) is 24.0 Å². The van der Waals surface area contributed by atoms with Crippen LogP contribution in [0.15, 0.2) is 18.0 Å². The minimum Gasteiger partial charge on any atom is -0.335 e. The molecular formula is C11H18N2. The Kier molecular flexibility index (Phi) is 3.74. The van der Waals surface area contributed by atoms with Crippen LogP contribution in [0.5, 0.6) is 0 Å². The number of aromatic nitrogens is 2. The normalized spacial score (nSPS) is 12.1. The molecule has 0 bridgehead atoms. The molecule has 0 atom stereocenters. The summed E-state index contributed by atoms with van der Waals surface area (Å²) in [4.78, 5) is 4.27. The van der Waals surface area contributed by atoms with Crippen LogP contribution in [0, 0.1) is 0 Å². The number of rotatable bonds is 4. The maximum atomic E-state index is 4.27. The van der Waals surface area contributed by atoms with Crippen molar-refractivity contribution in [2.24, 2.45) is 7.05 Å². The smallest absolute Gasteiger partial charge is 0.132 e. The quantitative estimate of drug-likeness (QED) is 0.693. The van der Waals surface area contributed by atoms with Crippen molar-refractivity contribution in [1.29, 1.82) is 0 Å². The highest BCUT2D eigenvalue weighted by atomic mass is 15.0. The van der Waals surface area contributed by atoms with Crippen LogP contribution >= 0.6 is 0 Å². The standard InChI is InChI=1S/C11H18N2/c1-4-6-10(5-2)9-11-12-7-8-13(11)3/h7-9H,4-6H2,1-3H3/b10-9-. The summed E-state index contributed by atoms with van der Waals surface area (Å²) < 4.78 is 2.05. The Balaban J connectivity index is 2.78. The van der Waals surface area contributed by atoms with Crippen molar-refractivity contribution in [3.8, 4) is 0 Å². The van der Waals surface area contributed by atoms with Crippen LogP contribution in [0.4, 0.5) is 0 Å². The van der Waals surface area contributed by atoms with E-state index >= 15 is 0 Å². The van der Waals surface area contributed by atoms with Crippen LogP contribution < -0.4 is 0 Å². The largest absolute Gasteiger partial charge is 0.335 e. The van der Waals surface area contributed by atoms with Crippen LogP contribution in [-0.2, 0) is 7.05 Å². The van der Waals surface area contributed by atoms with Gasteiger partial charge >= 0.3 is 0 Å². The molecular weight excluding hydrogens is 160 g/mol. The highest BCUT2D eigenvalue weighted by molar-refractivity contribution is 5.45. The van der Waals surface area contributed by atoms with Crippen LogP contribution in [-0.4, -0.2) is 9.55 Å². The van der Waals surface area contributed by atoms with Crippen LogP contribution in [0.3, 0.4) is 0 Å². The number of aryl methyl sites for hydroxylation is 1. The van der Waals surface area contributed by atoms with Gasteiger partial charge in [-0.15, -0.1) is 0 Å². The molecule has 72 valence electrons. The van der Waals surface area contributed by atoms with E-state index in [9.17, 15) is 0 Å². The van der Waals surface area contributed by atoms with Gasteiger partial charge in [0.2, 0.25) is 0 Å². The summed E-state index contributed by atoms with van der Waals surface area (Å²) in [6, 6.07) is 0. The van der Waals surface area contributed by atoms with Gasteiger partial charge in [-0.1, -0.05) is 25.8 Å². The number of hydrogen-bond donors (Lipinski definition) is 0. The average Bonchev–Trinajstić information content (AvgIpc) is 2.51. The van der Waals surface area contributed by atoms with Gasteiger partial charge < -0.3 is 4.57 Å². The SMILES string of the molecule is CCC/C(=C\c1nccn1C)CC. The molecule has 0 radical (unpaired) electrons. The van der Waals surface area contributed by atoms with Crippen molar-refractivity contribution in [2.45, 2.75) is 33.1 Å². The fourth-order valence-electron chi connectivity index (χ4n) is 1.37. The maximum Gasteiger partial charge on any atom is 0.132 e. The van der Waals surface area contributed by atoms with Crippen molar-refractivity contribution in [2.75, 3.05) is 0 Å². The fourth-order valence-corrected chi connectivity index (χ4v) is 1.37. The zero-order valence-corrected chi connectivity index (χ0v) is 8.75. The van der Waals surface area contributed by atoms with E-state index in [0.717, 1.165) is 12.2 Å². The highest BCUT2D eigenvalue weighted by Crippen LogP contribution is 2.12. The molecule has 0 N–H and O–H groups in total. The van der Waals surface area contributed by atoms with Gasteiger partial charge in [0.1, 0.15) is 5.82 Å². The predicted octanol–water partition coefficient (Wildman–Crippen LogP) is 3.01. The first-order chi connectivity index (χ1) is 6.27. The first kappa shape index (κ1) is 10.0. The van der Waals surface area contributed by atoms with Crippen molar-refractivity contribution in [3.63, 3.8) is 0 Å². The minimum atomic E-state index is 1.06. The Morgan fingerprint density at radius 2 is 2.31 bits per heavy atom. The summed E-state index contributed by atoms with van der Waals surface area (Å²) in [6.45, 7) is 4.41. The molecule has 0 aliphatic rings. The lowest BCUT2D eigenvalue weighted by Gasteiger charge is -2.02. The lowest BCUT2D eigenvalue weighted by molar-refractivity contribution is 0.853. The molecule has 0 aliphatic carbocycles. The van der Waals surface area contributed by atoms with E-state index in [1.165, 1.54) is 18.4 Å². The Morgan fingerprint density at radius 3 is 2.77 bits per heavy atom. The Hall–Kier alpha value is -1.05. The van der Waals surface area contributed by atoms with Gasteiger partial charge in [0.05, 0.1) is 0 Å². The van der Waals surface area contributed by atoms with Crippen LogP contribution in [0.1, 0.15) is 38.9 Å². The van der Waals surface area contributed by atoms with Gasteiger partial charge in [-0.05, 0) is 18.9 Å². The first-order valence-electron chi connectivity index (χ1n) is 4.94. The van der Waals surface area contributed by atoms with E-state index in [4.69, 9.17) is 0 Å². The second-order valence-electron chi connectivity index (χ2n) is 3.30. The van der Waals surface area contributed by atoms with Crippen molar-refractivity contribution in [1.82, 2.24) is 9.55 Å². The summed E-state index contributed by atoms with van der Waals surface area (Å²) in [6.07, 6.45) is 9.54. The molecule has 13 heavy (non-hydrogen) atoms. The van der Waals surface area contributed by atoms with Gasteiger partial charge in [-0.2, -0.15) is 0 Å². The van der Waals surface area contributed by atoms with E-state index < -0.39 is 0 Å². The van der Waals surface area contributed by atoms with Crippen LogP contribution in [0.2, 0.25) is 0 Å². The van der Waals surface area contributed by atoms with Gasteiger partial charge in [0.25, 0.3) is 0 Å². The van der Waals surface area contributed by atoms with Gasteiger partial charge in [0, 0.05) is 19.4 Å². The number of imidazole rings is 1. The maximum absolute atomic E-state index is 4.27. The minimum absolute atomic E-state index is 1.06. The van der Waals surface area contributed by atoms with Gasteiger partial charge in [-0.25, -0.2) is 4.98 Å². The summed E-state index contributed by atoms with van der Waals surface area (Å²) in [7, 11) is 2.03. The molecule has 2 heteroatoms. The molecule has 0 fully saturated rings. The molecule has 0 spiro atoms. The Bertz CT molecular complexity index is 284. The Labute approximate surface area is 80.3 Å². The van der Waals surface area contributed by atoms with E-state index in [1.54, 1.807) is 0 Å². The van der Waals surface area contributed by atoms with Crippen LogP contribution in [0.25, 0.3) is 6.08 Å². The predicted molar refractivity (Wildman–Crippen MR) is 56.4 cm³/mol. The summed E-state index contributed by atoms with van der Waals surface area (Å²) in [5.74, 6) is 1.06. The van der Waals surface area contributed by atoms with E-state index in [2.05, 4.69) is 24.9 Å². The molecule has 0 aromatic carbocycles. The molecule has 0 saturated heterocycles. The third kappa shape index (κ3) is 2.72. The third-order valence-electron chi connectivity index (χ3n) is 2.22. The molecule has 2 nitrogen and oxygen atoms in total. The molecule has 1 heterocycles. The van der Waals surface area contributed by atoms with E-state index in [0.29, 0.717) is 0 Å². The molecule has 0 saturated carbocycles.